The number of carbonyl (C=O) groups is 1. The van der Waals surface area contributed by atoms with E-state index < -0.39 is 21.7 Å². The van der Waals surface area contributed by atoms with Gasteiger partial charge in [0.05, 0.1) is 5.69 Å². The van der Waals surface area contributed by atoms with Crippen LogP contribution in [0, 0.1) is 12.7 Å². The largest absolute Gasteiger partial charge is 0.321 e. The molecule has 0 saturated heterocycles. The molecule has 1 amide bonds. The summed E-state index contributed by atoms with van der Waals surface area (Å²) in [7, 11) is -2.65. The van der Waals surface area contributed by atoms with Crippen LogP contribution in [0.1, 0.15) is 15.2 Å². The zero-order valence-corrected chi connectivity index (χ0v) is 19.6. The Bertz CT molecular complexity index is 1420. The lowest BCUT2D eigenvalue weighted by Crippen LogP contribution is -2.28. The smallest absolute Gasteiger partial charge is 0.267 e. The molecule has 1 N–H and O–H groups in total. The van der Waals surface area contributed by atoms with Crippen molar-refractivity contribution in [2.75, 3.05) is 16.7 Å². The molecule has 0 fully saturated rings. The minimum Gasteiger partial charge on any atom is -0.321 e. The Morgan fingerprint density at radius 2 is 1.70 bits per heavy atom. The summed E-state index contributed by atoms with van der Waals surface area (Å²) in [5.74, 6) is -1.13. The summed E-state index contributed by atoms with van der Waals surface area (Å²) in [5.41, 5.74) is 2.74. The molecule has 0 atom stereocenters. The second kappa shape index (κ2) is 9.17. The maximum absolute atomic E-state index is 13.8. The lowest BCUT2D eigenvalue weighted by molar-refractivity contribution is 0.102. The maximum Gasteiger partial charge on any atom is 0.267 e. The molecule has 4 aromatic rings. The van der Waals surface area contributed by atoms with Crippen molar-refractivity contribution in [3.05, 3.63) is 101 Å². The maximum atomic E-state index is 13.8. The van der Waals surface area contributed by atoms with E-state index in [1.54, 1.807) is 53.9 Å². The molecule has 0 aliphatic carbocycles. The van der Waals surface area contributed by atoms with Crippen molar-refractivity contribution < 1.29 is 17.6 Å². The summed E-state index contributed by atoms with van der Waals surface area (Å²) in [6, 6.07) is 21.6. The lowest BCUT2D eigenvalue weighted by Gasteiger charge is -2.21. The second-order valence-corrected chi connectivity index (χ2v) is 10.2. The predicted octanol–water partition coefficient (Wildman–Crippen LogP) is 5.94. The fraction of sp³-hybridized carbons (Fsp3) is 0.0800. The standard InChI is InChI=1S/C25H21FN2O3S2/c1-17-8-6-13-21(14-17)28(2)33(30,31)24-22(18-9-4-3-5-10-18)16-32-23(24)25(29)27-20-12-7-11-19(26)15-20/h3-16H,1-2H3,(H,27,29). The van der Waals surface area contributed by atoms with Crippen molar-refractivity contribution in [1.82, 2.24) is 0 Å². The first kappa shape index (κ1) is 22.7. The number of aryl methyl sites for hydroxylation is 1. The van der Waals surface area contributed by atoms with Crippen molar-refractivity contribution >= 4 is 38.6 Å². The van der Waals surface area contributed by atoms with Gasteiger partial charge in [0.2, 0.25) is 0 Å². The van der Waals surface area contributed by atoms with Gasteiger partial charge >= 0.3 is 0 Å². The van der Waals surface area contributed by atoms with E-state index in [1.807, 2.05) is 19.1 Å². The third-order valence-corrected chi connectivity index (χ3v) is 8.08. The molecule has 0 unspecified atom stereocenters. The molecule has 1 aromatic heterocycles. The highest BCUT2D eigenvalue weighted by Gasteiger charge is 2.32. The monoisotopic (exact) mass is 480 g/mol. The Morgan fingerprint density at radius 1 is 0.970 bits per heavy atom. The molecule has 168 valence electrons. The highest BCUT2D eigenvalue weighted by Crippen LogP contribution is 2.38. The molecule has 0 spiro atoms. The molecular weight excluding hydrogens is 459 g/mol. The molecule has 3 aromatic carbocycles. The second-order valence-electron chi connectivity index (χ2n) is 7.45. The van der Waals surface area contributed by atoms with E-state index in [1.165, 1.54) is 29.6 Å². The zero-order valence-electron chi connectivity index (χ0n) is 17.9. The van der Waals surface area contributed by atoms with Gasteiger partial charge in [-0.15, -0.1) is 11.3 Å². The Kier molecular flexibility index (Phi) is 6.31. The Hall–Kier alpha value is -3.49. The average molecular weight is 481 g/mol. The molecule has 0 aliphatic heterocycles. The van der Waals surface area contributed by atoms with Crippen LogP contribution < -0.4 is 9.62 Å². The van der Waals surface area contributed by atoms with Gasteiger partial charge in [-0.25, -0.2) is 12.8 Å². The third kappa shape index (κ3) is 4.67. The summed E-state index contributed by atoms with van der Waals surface area (Å²) in [5, 5.41) is 4.27. The number of carbonyl (C=O) groups excluding carboxylic acids is 1. The quantitative estimate of drug-likeness (QED) is 0.371. The summed E-state index contributed by atoms with van der Waals surface area (Å²) < 4.78 is 42.4. The number of hydrogen-bond acceptors (Lipinski definition) is 4. The molecular formula is C25H21FN2O3S2. The number of hydrogen-bond donors (Lipinski definition) is 1. The van der Waals surface area contributed by atoms with E-state index in [-0.39, 0.29) is 15.5 Å². The minimum absolute atomic E-state index is 0.0256. The normalized spacial score (nSPS) is 11.2. The molecule has 1 heterocycles. The molecule has 0 bridgehead atoms. The molecule has 0 saturated carbocycles. The van der Waals surface area contributed by atoms with Crippen molar-refractivity contribution in [3.8, 4) is 11.1 Å². The van der Waals surface area contributed by atoms with Crippen LogP contribution in [0.3, 0.4) is 0 Å². The molecule has 5 nitrogen and oxygen atoms in total. The van der Waals surface area contributed by atoms with E-state index in [0.29, 0.717) is 16.8 Å². The summed E-state index contributed by atoms with van der Waals surface area (Å²) in [6.07, 6.45) is 0. The first-order valence-electron chi connectivity index (χ1n) is 10.1. The molecule has 33 heavy (non-hydrogen) atoms. The molecule has 0 radical (unpaired) electrons. The minimum atomic E-state index is -4.11. The van der Waals surface area contributed by atoms with E-state index in [9.17, 15) is 17.6 Å². The Labute approximate surface area is 196 Å². The zero-order chi connectivity index (χ0) is 23.6. The van der Waals surface area contributed by atoms with Crippen LogP contribution in [-0.2, 0) is 10.0 Å². The number of benzene rings is 3. The number of anilines is 2. The average Bonchev–Trinajstić information content (AvgIpc) is 3.25. The summed E-state index contributed by atoms with van der Waals surface area (Å²) in [6.45, 7) is 1.88. The Morgan fingerprint density at radius 3 is 2.39 bits per heavy atom. The van der Waals surface area contributed by atoms with Crippen LogP contribution in [-0.4, -0.2) is 21.4 Å². The van der Waals surface area contributed by atoms with E-state index in [0.717, 1.165) is 16.9 Å². The van der Waals surface area contributed by atoms with Gasteiger partial charge in [-0.2, -0.15) is 0 Å². The topological polar surface area (TPSA) is 66.5 Å². The molecule has 0 aliphatic rings. The van der Waals surface area contributed by atoms with E-state index in [4.69, 9.17) is 0 Å². The van der Waals surface area contributed by atoms with Crippen LogP contribution >= 0.6 is 11.3 Å². The van der Waals surface area contributed by atoms with Crippen LogP contribution in [0.4, 0.5) is 15.8 Å². The van der Waals surface area contributed by atoms with Crippen molar-refractivity contribution in [1.29, 1.82) is 0 Å². The highest BCUT2D eigenvalue weighted by atomic mass is 32.2. The molecule has 8 heteroatoms. The number of rotatable bonds is 6. The highest BCUT2D eigenvalue weighted by molar-refractivity contribution is 7.93. The van der Waals surface area contributed by atoms with Crippen LogP contribution in [0.2, 0.25) is 0 Å². The van der Waals surface area contributed by atoms with Gasteiger partial charge in [-0.05, 0) is 48.4 Å². The van der Waals surface area contributed by atoms with Crippen LogP contribution in [0.25, 0.3) is 11.1 Å². The van der Waals surface area contributed by atoms with Crippen LogP contribution in [0.5, 0.6) is 0 Å². The number of amides is 1. The van der Waals surface area contributed by atoms with Crippen molar-refractivity contribution in [2.24, 2.45) is 0 Å². The lowest BCUT2D eigenvalue weighted by atomic mass is 10.1. The number of halogens is 1. The van der Waals surface area contributed by atoms with Gasteiger partial charge in [-0.1, -0.05) is 48.5 Å². The number of nitrogens with zero attached hydrogens (tertiary/aromatic N) is 1. The fourth-order valence-electron chi connectivity index (χ4n) is 3.43. The van der Waals surface area contributed by atoms with Gasteiger partial charge < -0.3 is 5.32 Å². The summed E-state index contributed by atoms with van der Waals surface area (Å²) in [4.78, 5) is 13.1. The van der Waals surface area contributed by atoms with Gasteiger partial charge in [-0.3, -0.25) is 9.10 Å². The SMILES string of the molecule is Cc1cccc(N(C)S(=O)(=O)c2c(-c3ccccc3)csc2C(=O)Nc2cccc(F)c2)c1. The van der Waals surface area contributed by atoms with Gasteiger partial charge in [0.1, 0.15) is 15.6 Å². The number of thiophene rings is 1. The first-order valence-corrected chi connectivity index (χ1v) is 12.4. The third-order valence-electron chi connectivity index (χ3n) is 5.10. The molecule has 4 rings (SSSR count). The van der Waals surface area contributed by atoms with Gasteiger partial charge in [0.25, 0.3) is 15.9 Å². The van der Waals surface area contributed by atoms with Crippen molar-refractivity contribution in [3.63, 3.8) is 0 Å². The number of nitrogens with one attached hydrogen (secondary N) is 1. The van der Waals surface area contributed by atoms with E-state index >= 15 is 0 Å². The summed E-state index contributed by atoms with van der Waals surface area (Å²) >= 11 is 1.03. The van der Waals surface area contributed by atoms with Gasteiger partial charge in [0.15, 0.2) is 0 Å². The Balaban J connectivity index is 1.84. The van der Waals surface area contributed by atoms with Gasteiger partial charge in [0, 0.05) is 23.7 Å². The number of sulfonamides is 1. The van der Waals surface area contributed by atoms with Crippen molar-refractivity contribution in [2.45, 2.75) is 11.8 Å². The first-order chi connectivity index (χ1) is 15.8. The predicted molar refractivity (Wildman–Crippen MR) is 131 cm³/mol. The van der Waals surface area contributed by atoms with Crippen LogP contribution in [0.15, 0.2) is 89.1 Å². The van der Waals surface area contributed by atoms with E-state index in [2.05, 4.69) is 5.32 Å². The fourth-order valence-corrected chi connectivity index (χ4v) is 6.28.